The van der Waals surface area contributed by atoms with E-state index in [0.29, 0.717) is 5.75 Å². The van der Waals surface area contributed by atoms with Gasteiger partial charge in [0.15, 0.2) is 0 Å². The summed E-state index contributed by atoms with van der Waals surface area (Å²) in [7, 11) is -4.07. The highest BCUT2D eigenvalue weighted by Crippen LogP contribution is 2.17. The zero-order valence-electron chi connectivity index (χ0n) is 13.5. The summed E-state index contributed by atoms with van der Waals surface area (Å²) in [6, 6.07) is 12.5. The average molecular weight is 365 g/mol. The molecule has 0 aliphatic rings. The van der Waals surface area contributed by atoms with Gasteiger partial charge in [0.1, 0.15) is 18.5 Å². The van der Waals surface area contributed by atoms with Gasteiger partial charge in [-0.25, -0.2) is 17.9 Å². The molecular weight excluding hydrogens is 346 g/mol. The van der Waals surface area contributed by atoms with E-state index in [4.69, 9.17) is 9.84 Å². The molecule has 2 rings (SSSR count). The van der Waals surface area contributed by atoms with Crippen molar-refractivity contribution < 1.29 is 28.2 Å². The average Bonchev–Trinajstić information content (AvgIpc) is 2.59. The number of benzene rings is 2. The van der Waals surface area contributed by atoms with E-state index in [1.807, 2.05) is 19.1 Å². The minimum Gasteiger partial charge on any atom is -0.491 e. The molecule has 0 saturated carbocycles. The van der Waals surface area contributed by atoms with Crippen molar-refractivity contribution >= 4 is 16.0 Å². The minimum atomic E-state index is -4.07. The van der Waals surface area contributed by atoms with E-state index in [-0.39, 0.29) is 23.6 Å². The van der Waals surface area contributed by atoms with Crippen LogP contribution in [0.1, 0.15) is 15.9 Å². The molecule has 2 aromatic rings. The van der Waals surface area contributed by atoms with E-state index >= 15 is 0 Å². The number of para-hydroxylation sites is 1. The van der Waals surface area contributed by atoms with Crippen molar-refractivity contribution in [2.24, 2.45) is 0 Å². The quantitative estimate of drug-likeness (QED) is 0.652. The van der Waals surface area contributed by atoms with Crippen LogP contribution >= 0.6 is 0 Å². The van der Waals surface area contributed by atoms with Crippen molar-refractivity contribution in [1.82, 2.24) is 4.72 Å². The first-order chi connectivity index (χ1) is 11.8. The van der Waals surface area contributed by atoms with Crippen molar-refractivity contribution in [3.63, 3.8) is 0 Å². The number of carboxylic acids is 1. The van der Waals surface area contributed by atoms with Gasteiger partial charge in [0.2, 0.25) is 10.0 Å². The van der Waals surface area contributed by atoms with Crippen molar-refractivity contribution in [3.8, 4) is 5.75 Å². The largest absolute Gasteiger partial charge is 0.491 e. The molecule has 0 spiro atoms. The smallest absolute Gasteiger partial charge is 0.337 e. The summed E-state index contributed by atoms with van der Waals surface area (Å²) in [6.07, 6.45) is -1.09. The van der Waals surface area contributed by atoms with Gasteiger partial charge in [-0.2, -0.15) is 0 Å². The number of aliphatic hydroxyl groups is 1. The molecule has 0 aromatic heterocycles. The van der Waals surface area contributed by atoms with Crippen molar-refractivity contribution in [1.29, 1.82) is 0 Å². The van der Waals surface area contributed by atoms with Crippen LogP contribution in [0.25, 0.3) is 0 Å². The van der Waals surface area contributed by atoms with Crippen LogP contribution in [0.5, 0.6) is 5.75 Å². The number of aryl methyl sites for hydroxylation is 1. The molecule has 3 N–H and O–H groups in total. The van der Waals surface area contributed by atoms with Crippen LogP contribution in [-0.2, 0) is 10.0 Å². The third-order valence-electron chi connectivity index (χ3n) is 3.44. The molecule has 2 aromatic carbocycles. The summed E-state index contributed by atoms with van der Waals surface area (Å²) in [5.74, 6) is -0.745. The Morgan fingerprint density at radius 1 is 1.16 bits per heavy atom. The number of ether oxygens (including phenoxy) is 1. The molecular formula is C17H19NO6S. The Kier molecular flexibility index (Phi) is 6.13. The molecule has 0 saturated heterocycles. The highest BCUT2D eigenvalue weighted by atomic mass is 32.2. The predicted octanol–water partition coefficient (Wildman–Crippen LogP) is 1.41. The molecule has 1 atom stereocenters. The normalized spacial score (nSPS) is 12.6. The van der Waals surface area contributed by atoms with Crippen molar-refractivity contribution in [2.75, 3.05) is 13.2 Å². The van der Waals surface area contributed by atoms with Crippen LogP contribution in [0, 0.1) is 6.92 Å². The van der Waals surface area contributed by atoms with E-state index in [1.165, 1.54) is 24.3 Å². The lowest BCUT2D eigenvalue weighted by molar-refractivity contribution is 0.0692. The van der Waals surface area contributed by atoms with E-state index in [9.17, 15) is 18.3 Å². The Morgan fingerprint density at radius 2 is 1.80 bits per heavy atom. The monoisotopic (exact) mass is 365 g/mol. The van der Waals surface area contributed by atoms with Crippen LogP contribution in [0.2, 0.25) is 0 Å². The van der Waals surface area contributed by atoms with Crippen LogP contribution in [0.15, 0.2) is 53.4 Å². The lowest BCUT2D eigenvalue weighted by Gasteiger charge is -2.15. The summed E-state index contributed by atoms with van der Waals surface area (Å²) in [4.78, 5) is 10.8. The van der Waals surface area contributed by atoms with Crippen LogP contribution in [0.4, 0.5) is 0 Å². The van der Waals surface area contributed by atoms with E-state index < -0.39 is 22.1 Å². The van der Waals surface area contributed by atoms with Crippen LogP contribution in [-0.4, -0.2) is 43.9 Å². The number of carboxylic acid groups (broad SMARTS) is 1. The highest BCUT2D eigenvalue weighted by Gasteiger charge is 2.22. The molecule has 134 valence electrons. The molecule has 0 unspecified atom stereocenters. The lowest BCUT2D eigenvalue weighted by atomic mass is 10.2. The molecule has 8 heteroatoms. The first-order valence-electron chi connectivity index (χ1n) is 7.50. The van der Waals surface area contributed by atoms with Gasteiger partial charge in [-0.05, 0) is 30.7 Å². The van der Waals surface area contributed by atoms with Gasteiger partial charge < -0.3 is 14.9 Å². The Labute approximate surface area is 145 Å². The van der Waals surface area contributed by atoms with Crippen molar-refractivity contribution in [2.45, 2.75) is 17.9 Å². The second-order valence-electron chi connectivity index (χ2n) is 5.38. The molecule has 0 aliphatic carbocycles. The second-order valence-corrected chi connectivity index (χ2v) is 7.12. The van der Waals surface area contributed by atoms with Crippen LogP contribution in [0.3, 0.4) is 0 Å². The number of sulfonamides is 1. The number of aliphatic hydroxyl groups excluding tert-OH is 1. The highest BCUT2D eigenvalue weighted by molar-refractivity contribution is 7.89. The fourth-order valence-electron chi connectivity index (χ4n) is 2.12. The van der Waals surface area contributed by atoms with Crippen LogP contribution < -0.4 is 9.46 Å². The number of nitrogens with one attached hydrogen (secondary N) is 1. The summed E-state index contributed by atoms with van der Waals surface area (Å²) < 4.78 is 32.2. The Balaban J connectivity index is 1.98. The van der Waals surface area contributed by atoms with Gasteiger partial charge in [0.05, 0.1) is 10.5 Å². The Hall–Kier alpha value is -2.42. The maximum Gasteiger partial charge on any atom is 0.337 e. The van der Waals surface area contributed by atoms with Gasteiger partial charge in [-0.1, -0.05) is 30.3 Å². The zero-order valence-corrected chi connectivity index (χ0v) is 14.4. The minimum absolute atomic E-state index is 0.103. The fraction of sp³-hybridized carbons (Fsp3) is 0.235. The number of rotatable bonds is 8. The molecule has 25 heavy (non-hydrogen) atoms. The summed E-state index contributed by atoms with van der Waals surface area (Å²) in [5, 5.41) is 19.0. The third-order valence-corrected chi connectivity index (χ3v) is 4.92. The molecule has 0 aliphatic heterocycles. The molecule has 0 amide bonds. The number of carbonyl (C=O) groups is 1. The Bertz CT molecular complexity index is 850. The van der Waals surface area contributed by atoms with Gasteiger partial charge in [-0.15, -0.1) is 0 Å². The van der Waals surface area contributed by atoms with Gasteiger partial charge in [0, 0.05) is 6.54 Å². The Morgan fingerprint density at radius 3 is 2.48 bits per heavy atom. The zero-order chi connectivity index (χ0) is 18.4. The molecule has 7 nitrogen and oxygen atoms in total. The SMILES string of the molecule is Cc1ccccc1OC[C@H](O)CNS(=O)(=O)c1ccccc1C(=O)O. The first-order valence-corrected chi connectivity index (χ1v) is 8.98. The fourth-order valence-corrected chi connectivity index (χ4v) is 3.39. The number of aromatic carboxylic acids is 1. The van der Waals surface area contributed by atoms with E-state index in [2.05, 4.69) is 4.72 Å². The van der Waals surface area contributed by atoms with Crippen molar-refractivity contribution in [3.05, 3.63) is 59.7 Å². The van der Waals surface area contributed by atoms with E-state index in [1.54, 1.807) is 12.1 Å². The first kappa shape index (κ1) is 18.9. The molecule has 0 radical (unpaired) electrons. The van der Waals surface area contributed by atoms with Gasteiger partial charge in [0.25, 0.3) is 0 Å². The van der Waals surface area contributed by atoms with Gasteiger partial charge >= 0.3 is 5.97 Å². The standard InChI is InChI=1S/C17H19NO6S/c1-12-6-2-4-8-15(12)24-11-13(19)10-18-25(22,23)16-9-5-3-7-14(16)17(20)21/h2-9,13,18-19H,10-11H2,1H3,(H,20,21)/t13-/m1/s1. The second kappa shape index (κ2) is 8.11. The lowest BCUT2D eigenvalue weighted by Crippen LogP contribution is -2.35. The summed E-state index contributed by atoms with van der Waals surface area (Å²) in [5.41, 5.74) is 0.561. The number of hydrogen-bond donors (Lipinski definition) is 3. The summed E-state index contributed by atoms with van der Waals surface area (Å²) >= 11 is 0. The maximum atomic E-state index is 12.3. The summed E-state index contributed by atoms with van der Waals surface area (Å²) in [6.45, 7) is 1.45. The predicted molar refractivity (Wildman–Crippen MR) is 91.3 cm³/mol. The number of hydrogen-bond acceptors (Lipinski definition) is 5. The third kappa shape index (κ3) is 5.02. The molecule has 0 heterocycles. The molecule has 0 fully saturated rings. The van der Waals surface area contributed by atoms with Gasteiger partial charge in [-0.3, -0.25) is 0 Å². The molecule has 0 bridgehead atoms. The van der Waals surface area contributed by atoms with E-state index in [0.717, 1.165) is 5.56 Å². The topological polar surface area (TPSA) is 113 Å². The maximum absolute atomic E-state index is 12.3.